The van der Waals surface area contributed by atoms with Crippen LogP contribution in [0.5, 0.6) is 0 Å². The summed E-state index contributed by atoms with van der Waals surface area (Å²) in [5.74, 6) is -0.901. The van der Waals surface area contributed by atoms with Gasteiger partial charge in [-0.15, -0.1) is 0 Å². The molecule has 4 heteroatoms. The molecule has 21 heavy (non-hydrogen) atoms. The van der Waals surface area contributed by atoms with Gasteiger partial charge in [-0.2, -0.15) is 0 Å². The average molecular weight is 289 g/mol. The molecule has 0 spiro atoms. The summed E-state index contributed by atoms with van der Waals surface area (Å²) < 4.78 is 0. The molecule has 1 aromatic rings. The Bertz CT molecular complexity index is 519. The Kier molecular flexibility index (Phi) is 5.12. The fraction of sp³-hybridized carbons (Fsp3) is 0.529. The second kappa shape index (κ2) is 6.85. The van der Waals surface area contributed by atoms with Crippen LogP contribution in [0.4, 0.5) is 0 Å². The molecule has 1 aromatic carbocycles. The van der Waals surface area contributed by atoms with Crippen LogP contribution in [-0.4, -0.2) is 29.9 Å². The van der Waals surface area contributed by atoms with Gasteiger partial charge in [-0.25, -0.2) is 0 Å². The predicted octanol–water partition coefficient (Wildman–Crippen LogP) is 2.38. The summed E-state index contributed by atoms with van der Waals surface area (Å²) >= 11 is 0. The van der Waals surface area contributed by atoms with Crippen LogP contribution in [0, 0.1) is 17.8 Å². The maximum Gasteiger partial charge on any atom is 0.307 e. The Labute approximate surface area is 125 Å². The van der Waals surface area contributed by atoms with E-state index in [0.717, 1.165) is 25.1 Å². The van der Waals surface area contributed by atoms with Gasteiger partial charge in [0.05, 0.1) is 5.92 Å². The van der Waals surface area contributed by atoms with Crippen molar-refractivity contribution in [3.63, 3.8) is 0 Å². The normalized spacial score (nSPS) is 19.7. The lowest BCUT2D eigenvalue weighted by Crippen LogP contribution is -2.27. The molecule has 0 bridgehead atoms. The minimum Gasteiger partial charge on any atom is -0.481 e. The maximum atomic E-state index is 12.0. The molecule has 1 fully saturated rings. The monoisotopic (exact) mass is 289 g/mol. The van der Waals surface area contributed by atoms with E-state index in [1.807, 2.05) is 32.0 Å². The summed E-state index contributed by atoms with van der Waals surface area (Å²) in [7, 11) is 0. The topological polar surface area (TPSA) is 66.4 Å². The number of carboxylic acids is 1. The third kappa shape index (κ3) is 3.91. The van der Waals surface area contributed by atoms with Gasteiger partial charge in [0.2, 0.25) is 0 Å². The molecule has 2 unspecified atom stereocenters. The molecule has 0 amide bonds. The summed E-state index contributed by atoms with van der Waals surface area (Å²) in [6.07, 6.45) is 1.39. The van der Waals surface area contributed by atoms with E-state index >= 15 is 0 Å². The van der Waals surface area contributed by atoms with Crippen LogP contribution >= 0.6 is 0 Å². The van der Waals surface area contributed by atoms with Crippen molar-refractivity contribution in [1.82, 2.24) is 5.32 Å². The maximum absolute atomic E-state index is 12.0. The molecule has 1 aliphatic heterocycles. The summed E-state index contributed by atoms with van der Waals surface area (Å²) in [6, 6.07) is 7.41. The Morgan fingerprint density at radius 3 is 2.71 bits per heavy atom. The van der Waals surface area contributed by atoms with Gasteiger partial charge in [0.15, 0.2) is 5.78 Å². The first-order chi connectivity index (χ1) is 9.99. The molecule has 2 rings (SSSR count). The van der Waals surface area contributed by atoms with Gasteiger partial charge in [-0.1, -0.05) is 32.0 Å². The second-order valence-corrected chi connectivity index (χ2v) is 6.12. The van der Waals surface area contributed by atoms with E-state index in [4.69, 9.17) is 0 Å². The Morgan fingerprint density at radius 2 is 2.14 bits per heavy atom. The minimum atomic E-state index is -0.746. The fourth-order valence-corrected chi connectivity index (χ4v) is 2.91. The highest BCUT2D eigenvalue weighted by Crippen LogP contribution is 2.24. The number of carbonyl (C=O) groups is 2. The van der Waals surface area contributed by atoms with E-state index in [0.29, 0.717) is 12.0 Å². The molecule has 114 valence electrons. The number of benzene rings is 1. The quantitative estimate of drug-likeness (QED) is 0.789. The number of Topliss-reactive ketones (excluding diaryl/α,β-unsaturated/α-hetero) is 1. The van der Waals surface area contributed by atoms with Crippen molar-refractivity contribution in [3.8, 4) is 0 Å². The number of nitrogens with one attached hydrogen (secondary N) is 1. The lowest BCUT2D eigenvalue weighted by molar-refractivity contribution is -0.143. The van der Waals surface area contributed by atoms with Crippen LogP contribution in [0.15, 0.2) is 24.3 Å². The van der Waals surface area contributed by atoms with Gasteiger partial charge in [0, 0.05) is 11.5 Å². The average Bonchev–Trinajstić information content (AvgIpc) is 2.97. The molecule has 1 heterocycles. The van der Waals surface area contributed by atoms with Crippen LogP contribution in [0.25, 0.3) is 0 Å². The van der Waals surface area contributed by atoms with E-state index in [2.05, 4.69) is 5.32 Å². The number of rotatable bonds is 6. The SMILES string of the molecule is CC(C)C(=O)c1cccc(CC(C(=O)O)C2CCNC2)c1. The zero-order valence-electron chi connectivity index (χ0n) is 12.6. The number of carbonyl (C=O) groups excluding carboxylic acids is 1. The van der Waals surface area contributed by atoms with E-state index in [1.165, 1.54) is 0 Å². The highest BCUT2D eigenvalue weighted by Gasteiger charge is 2.30. The fourth-order valence-electron chi connectivity index (χ4n) is 2.91. The highest BCUT2D eigenvalue weighted by atomic mass is 16.4. The molecule has 0 saturated carbocycles. The molecule has 0 radical (unpaired) electrons. The first-order valence-corrected chi connectivity index (χ1v) is 7.55. The van der Waals surface area contributed by atoms with Crippen LogP contribution in [0.1, 0.15) is 36.2 Å². The van der Waals surface area contributed by atoms with Crippen LogP contribution < -0.4 is 5.32 Å². The van der Waals surface area contributed by atoms with Crippen molar-refractivity contribution >= 4 is 11.8 Å². The minimum absolute atomic E-state index is 0.0467. The number of carboxylic acid groups (broad SMARTS) is 1. The van der Waals surface area contributed by atoms with E-state index in [9.17, 15) is 14.7 Å². The van der Waals surface area contributed by atoms with Crippen molar-refractivity contribution < 1.29 is 14.7 Å². The standard InChI is InChI=1S/C17H23NO3/c1-11(2)16(19)13-5-3-4-12(8-13)9-15(17(20)21)14-6-7-18-10-14/h3-5,8,11,14-15,18H,6-7,9-10H2,1-2H3,(H,20,21). The number of hydrogen-bond acceptors (Lipinski definition) is 3. The van der Waals surface area contributed by atoms with Crippen molar-refractivity contribution in [1.29, 1.82) is 0 Å². The number of ketones is 1. The van der Waals surface area contributed by atoms with Gasteiger partial charge in [-0.05, 0) is 43.5 Å². The van der Waals surface area contributed by atoms with E-state index < -0.39 is 5.97 Å². The predicted molar refractivity (Wildman–Crippen MR) is 81.4 cm³/mol. The third-order valence-electron chi connectivity index (χ3n) is 4.18. The van der Waals surface area contributed by atoms with Crippen molar-refractivity contribution in [2.24, 2.45) is 17.8 Å². The van der Waals surface area contributed by atoms with Crippen LogP contribution in [0.3, 0.4) is 0 Å². The first kappa shape index (κ1) is 15.7. The summed E-state index contributed by atoms with van der Waals surface area (Å²) in [6.45, 7) is 5.40. The summed E-state index contributed by atoms with van der Waals surface area (Å²) in [4.78, 5) is 23.6. The Hall–Kier alpha value is -1.68. The van der Waals surface area contributed by atoms with Crippen molar-refractivity contribution in [2.75, 3.05) is 13.1 Å². The van der Waals surface area contributed by atoms with Gasteiger partial charge in [-0.3, -0.25) is 9.59 Å². The Balaban J connectivity index is 2.15. The molecule has 2 N–H and O–H groups in total. The lowest BCUT2D eigenvalue weighted by Gasteiger charge is -2.19. The number of aliphatic carboxylic acids is 1. The second-order valence-electron chi connectivity index (χ2n) is 6.12. The summed E-state index contributed by atoms with van der Waals surface area (Å²) in [5.41, 5.74) is 1.61. The molecule has 2 atom stereocenters. The van der Waals surface area contributed by atoms with Crippen LogP contribution in [-0.2, 0) is 11.2 Å². The van der Waals surface area contributed by atoms with E-state index in [-0.39, 0.29) is 23.5 Å². The molecule has 4 nitrogen and oxygen atoms in total. The van der Waals surface area contributed by atoms with Crippen molar-refractivity contribution in [3.05, 3.63) is 35.4 Å². The van der Waals surface area contributed by atoms with Gasteiger partial charge in [0.25, 0.3) is 0 Å². The summed E-state index contributed by atoms with van der Waals surface area (Å²) in [5, 5.41) is 12.7. The largest absolute Gasteiger partial charge is 0.481 e. The molecular weight excluding hydrogens is 266 g/mol. The molecule has 1 aliphatic rings. The van der Waals surface area contributed by atoms with Gasteiger partial charge < -0.3 is 10.4 Å². The number of hydrogen-bond donors (Lipinski definition) is 2. The smallest absolute Gasteiger partial charge is 0.307 e. The van der Waals surface area contributed by atoms with Crippen LogP contribution in [0.2, 0.25) is 0 Å². The first-order valence-electron chi connectivity index (χ1n) is 7.55. The molecule has 0 aliphatic carbocycles. The lowest BCUT2D eigenvalue weighted by atomic mass is 9.85. The third-order valence-corrected chi connectivity index (χ3v) is 4.18. The zero-order valence-corrected chi connectivity index (χ0v) is 12.6. The molecular formula is C17H23NO3. The van der Waals surface area contributed by atoms with E-state index in [1.54, 1.807) is 6.07 Å². The zero-order chi connectivity index (χ0) is 15.4. The van der Waals surface area contributed by atoms with Gasteiger partial charge in [0.1, 0.15) is 0 Å². The van der Waals surface area contributed by atoms with Crippen molar-refractivity contribution in [2.45, 2.75) is 26.7 Å². The Morgan fingerprint density at radius 1 is 1.38 bits per heavy atom. The highest BCUT2D eigenvalue weighted by molar-refractivity contribution is 5.97. The van der Waals surface area contributed by atoms with Gasteiger partial charge >= 0.3 is 5.97 Å². The molecule has 0 aromatic heterocycles. The molecule has 1 saturated heterocycles.